The Kier molecular flexibility index (Phi) is 4.97. The van der Waals surface area contributed by atoms with Crippen LogP contribution < -0.4 is 10.0 Å². The fourth-order valence-electron chi connectivity index (χ4n) is 2.33. The third-order valence-electron chi connectivity index (χ3n) is 3.48. The maximum atomic E-state index is 12.4. The van der Waals surface area contributed by atoms with Gasteiger partial charge in [0.15, 0.2) is 4.90 Å². The molecule has 2 N–H and O–H groups in total. The zero-order valence-corrected chi connectivity index (χ0v) is 13.8. The van der Waals surface area contributed by atoms with Crippen LogP contribution in [0.2, 0.25) is 0 Å². The molecule has 0 aromatic heterocycles. The second-order valence-electron chi connectivity index (χ2n) is 4.98. The molecule has 116 valence electrons. The highest BCUT2D eigenvalue weighted by atomic mass is 79.9. The van der Waals surface area contributed by atoms with E-state index in [0.29, 0.717) is 10.9 Å². The van der Waals surface area contributed by atoms with Crippen LogP contribution in [0, 0.1) is 10.1 Å². The van der Waals surface area contributed by atoms with Crippen LogP contribution in [0.3, 0.4) is 0 Å². The highest BCUT2D eigenvalue weighted by Gasteiger charge is 2.31. The Labute approximate surface area is 131 Å². The monoisotopic (exact) mass is 377 g/mol. The van der Waals surface area contributed by atoms with Crippen molar-refractivity contribution in [2.75, 3.05) is 6.54 Å². The molecule has 0 aliphatic carbocycles. The van der Waals surface area contributed by atoms with E-state index in [1.807, 2.05) is 6.92 Å². The van der Waals surface area contributed by atoms with E-state index < -0.39 is 20.6 Å². The largest absolute Gasteiger partial charge is 0.313 e. The Morgan fingerprint density at radius 2 is 2.19 bits per heavy atom. The third kappa shape index (κ3) is 3.79. The maximum absolute atomic E-state index is 12.4. The summed E-state index contributed by atoms with van der Waals surface area (Å²) in [6, 6.07) is 3.63. The van der Waals surface area contributed by atoms with Crippen LogP contribution in [0.5, 0.6) is 0 Å². The van der Waals surface area contributed by atoms with Gasteiger partial charge in [-0.15, -0.1) is 0 Å². The molecule has 2 unspecified atom stereocenters. The van der Waals surface area contributed by atoms with Crippen molar-refractivity contribution in [2.45, 2.75) is 36.7 Å². The fraction of sp³-hybridized carbons (Fsp3) is 0.500. The van der Waals surface area contributed by atoms with Gasteiger partial charge in [-0.2, -0.15) is 0 Å². The quantitative estimate of drug-likeness (QED) is 0.614. The molecule has 1 aliphatic heterocycles. The van der Waals surface area contributed by atoms with Gasteiger partial charge < -0.3 is 5.32 Å². The SMILES string of the molecule is CC1NCCCC1NS(=O)(=O)c1ccc(Br)cc1[N+](=O)[O-]. The second-order valence-corrected chi connectivity index (χ2v) is 7.58. The molecule has 1 saturated heterocycles. The Bertz CT molecular complexity index is 650. The van der Waals surface area contributed by atoms with Crippen molar-refractivity contribution in [1.82, 2.24) is 10.0 Å². The highest BCUT2D eigenvalue weighted by molar-refractivity contribution is 9.10. The minimum Gasteiger partial charge on any atom is -0.313 e. The summed E-state index contributed by atoms with van der Waals surface area (Å²) in [5, 5.41) is 14.2. The first-order valence-electron chi connectivity index (χ1n) is 6.51. The molecule has 21 heavy (non-hydrogen) atoms. The number of nitro groups is 1. The summed E-state index contributed by atoms with van der Waals surface area (Å²) >= 11 is 3.11. The number of rotatable bonds is 4. The molecule has 0 bridgehead atoms. The van der Waals surface area contributed by atoms with Gasteiger partial charge in [0.05, 0.1) is 4.92 Å². The first-order valence-corrected chi connectivity index (χ1v) is 8.78. The van der Waals surface area contributed by atoms with E-state index in [9.17, 15) is 18.5 Å². The van der Waals surface area contributed by atoms with E-state index in [4.69, 9.17) is 0 Å². The Morgan fingerprint density at radius 1 is 1.48 bits per heavy atom. The fourth-order valence-corrected chi connectivity index (χ4v) is 4.18. The molecule has 1 fully saturated rings. The molecule has 0 radical (unpaired) electrons. The van der Waals surface area contributed by atoms with Crippen molar-refractivity contribution in [3.05, 3.63) is 32.8 Å². The zero-order chi connectivity index (χ0) is 15.6. The van der Waals surface area contributed by atoms with E-state index in [-0.39, 0.29) is 17.0 Å². The van der Waals surface area contributed by atoms with Crippen LogP contribution in [0.4, 0.5) is 5.69 Å². The van der Waals surface area contributed by atoms with E-state index >= 15 is 0 Å². The van der Waals surface area contributed by atoms with Gasteiger partial charge in [0.1, 0.15) is 0 Å². The smallest absolute Gasteiger partial charge is 0.290 e. The molecule has 1 aromatic carbocycles. The van der Waals surface area contributed by atoms with E-state index in [2.05, 4.69) is 26.0 Å². The first-order chi connectivity index (χ1) is 9.81. The van der Waals surface area contributed by atoms with Crippen LogP contribution in [-0.4, -0.2) is 32.0 Å². The van der Waals surface area contributed by atoms with Crippen molar-refractivity contribution >= 4 is 31.6 Å². The predicted octanol–water partition coefficient (Wildman–Crippen LogP) is 1.78. The number of nitrogens with one attached hydrogen (secondary N) is 2. The van der Waals surface area contributed by atoms with Gasteiger partial charge >= 0.3 is 0 Å². The van der Waals surface area contributed by atoms with Crippen molar-refractivity contribution in [1.29, 1.82) is 0 Å². The maximum Gasteiger partial charge on any atom is 0.290 e. The summed E-state index contributed by atoms with van der Waals surface area (Å²) in [7, 11) is -3.94. The molecule has 1 aliphatic rings. The van der Waals surface area contributed by atoms with Crippen molar-refractivity contribution < 1.29 is 13.3 Å². The van der Waals surface area contributed by atoms with Gasteiger partial charge in [-0.25, -0.2) is 13.1 Å². The number of nitrogens with zero attached hydrogens (tertiary/aromatic N) is 1. The van der Waals surface area contributed by atoms with Gasteiger partial charge in [-0.3, -0.25) is 10.1 Å². The number of halogens is 1. The molecule has 1 heterocycles. The minimum absolute atomic E-state index is 0.0111. The number of piperidine rings is 1. The molecule has 0 amide bonds. The molecule has 7 nitrogen and oxygen atoms in total. The van der Waals surface area contributed by atoms with E-state index in [0.717, 1.165) is 13.0 Å². The predicted molar refractivity (Wildman–Crippen MR) is 81.6 cm³/mol. The van der Waals surface area contributed by atoms with Crippen LogP contribution in [0.15, 0.2) is 27.6 Å². The van der Waals surface area contributed by atoms with Gasteiger partial charge in [-0.1, -0.05) is 15.9 Å². The summed E-state index contributed by atoms with van der Waals surface area (Å²) < 4.78 is 27.9. The van der Waals surface area contributed by atoms with Crippen LogP contribution in [-0.2, 0) is 10.0 Å². The lowest BCUT2D eigenvalue weighted by Gasteiger charge is -2.30. The molecule has 1 aromatic rings. The van der Waals surface area contributed by atoms with E-state index in [1.165, 1.54) is 18.2 Å². The third-order valence-corrected chi connectivity index (χ3v) is 5.51. The second kappa shape index (κ2) is 6.39. The topological polar surface area (TPSA) is 101 Å². The number of nitro benzene ring substituents is 1. The van der Waals surface area contributed by atoms with Crippen LogP contribution in [0.1, 0.15) is 19.8 Å². The highest BCUT2D eigenvalue weighted by Crippen LogP contribution is 2.28. The van der Waals surface area contributed by atoms with Crippen LogP contribution in [0.25, 0.3) is 0 Å². The molecule has 2 rings (SSSR count). The van der Waals surface area contributed by atoms with Gasteiger partial charge in [0.25, 0.3) is 5.69 Å². The number of hydrogen-bond donors (Lipinski definition) is 2. The lowest BCUT2D eigenvalue weighted by molar-refractivity contribution is -0.387. The normalized spacial score (nSPS) is 23.0. The Balaban J connectivity index is 2.33. The molecular weight excluding hydrogens is 362 g/mol. The number of sulfonamides is 1. The van der Waals surface area contributed by atoms with Gasteiger partial charge in [-0.05, 0) is 38.4 Å². The summed E-state index contributed by atoms with van der Waals surface area (Å²) in [4.78, 5) is 10.1. The summed E-state index contributed by atoms with van der Waals surface area (Å²) in [5.41, 5.74) is -0.437. The molecular formula is C12H16BrN3O4S. The Morgan fingerprint density at radius 3 is 2.81 bits per heavy atom. The van der Waals surface area contributed by atoms with Crippen LogP contribution >= 0.6 is 15.9 Å². The minimum atomic E-state index is -3.94. The molecule has 0 spiro atoms. The Hall–Kier alpha value is -1.03. The van der Waals surface area contributed by atoms with Crippen molar-refractivity contribution in [3.63, 3.8) is 0 Å². The molecule has 9 heteroatoms. The zero-order valence-electron chi connectivity index (χ0n) is 11.4. The van der Waals surface area contributed by atoms with E-state index in [1.54, 1.807) is 0 Å². The summed E-state index contributed by atoms with van der Waals surface area (Å²) in [6.07, 6.45) is 1.57. The van der Waals surface area contributed by atoms with Gasteiger partial charge in [0, 0.05) is 22.6 Å². The summed E-state index contributed by atoms with van der Waals surface area (Å²) in [5.74, 6) is 0. The van der Waals surface area contributed by atoms with Crippen molar-refractivity contribution in [2.24, 2.45) is 0 Å². The molecule has 0 saturated carbocycles. The average Bonchev–Trinajstić information content (AvgIpc) is 2.40. The molecule has 2 atom stereocenters. The number of hydrogen-bond acceptors (Lipinski definition) is 5. The average molecular weight is 378 g/mol. The standard InChI is InChI=1S/C12H16BrN3O4S/c1-8-10(3-2-6-14-8)15-21(19,20)12-5-4-9(13)7-11(12)16(17)18/h4-5,7-8,10,14-15H,2-3,6H2,1H3. The lowest BCUT2D eigenvalue weighted by Crippen LogP contribution is -2.51. The lowest BCUT2D eigenvalue weighted by atomic mass is 10.0. The summed E-state index contributed by atoms with van der Waals surface area (Å²) in [6.45, 7) is 2.74. The number of benzene rings is 1. The van der Waals surface area contributed by atoms with Gasteiger partial charge in [0.2, 0.25) is 10.0 Å². The van der Waals surface area contributed by atoms with Crippen molar-refractivity contribution in [3.8, 4) is 0 Å². The first kappa shape index (κ1) is 16.3.